The van der Waals surface area contributed by atoms with Gasteiger partial charge in [0.15, 0.2) is 0 Å². The number of hydrogen-bond donors (Lipinski definition) is 0. The number of nitrogens with zero attached hydrogens (tertiary/aromatic N) is 2. The number of nitriles is 1. The Balaban J connectivity index is 3.12. The lowest BCUT2D eigenvalue weighted by Gasteiger charge is -2.04. The summed E-state index contributed by atoms with van der Waals surface area (Å²) in [6.07, 6.45) is -1.44. The van der Waals surface area contributed by atoms with Crippen molar-refractivity contribution < 1.29 is 8.78 Å². The maximum Gasteiger partial charge on any atom is 0.265 e. The maximum atomic E-state index is 12.3. The minimum Gasteiger partial charge on any atom is -0.250 e. The molecule has 0 unspecified atom stereocenters. The largest absolute Gasteiger partial charge is 0.265 e. The Hall–Kier alpha value is -0.770. The predicted molar refractivity (Wildman–Crippen MR) is 51.2 cm³/mol. The number of pyridine rings is 1. The average molecular weight is 294 g/mol. The summed E-state index contributed by atoms with van der Waals surface area (Å²) in [6, 6.07) is 3.35. The van der Waals surface area contributed by atoms with Crippen LogP contribution in [0.3, 0.4) is 0 Å². The van der Waals surface area contributed by atoms with Crippen LogP contribution in [0.2, 0.25) is 0 Å². The molecule has 1 heterocycles. The highest BCUT2D eigenvalue weighted by Gasteiger charge is 2.13. The smallest absolute Gasteiger partial charge is 0.250 e. The Morgan fingerprint density at radius 3 is 2.85 bits per heavy atom. The Morgan fingerprint density at radius 1 is 1.62 bits per heavy atom. The van der Waals surface area contributed by atoms with Crippen LogP contribution < -0.4 is 0 Å². The zero-order chi connectivity index (χ0) is 9.84. The van der Waals surface area contributed by atoms with E-state index in [0.29, 0.717) is 9.26 Å². The molecule has 1 aromatic heterocycles. The van der Waals surface area contributed by atoms with E-state index >= 15 is 0 Å². The number of rotatable bonds is 2. The van der Waals surface area contributed by atoms with Gasteiger partial charge >= 0.3 is 0 Å². The highest BCUT2D eigenvalue weighted by Crippen LogP contribution is 2.23. The van der Waals surface area contributed by atoms with E-state index in [1.54, 1.807) is 0 Å². The molecule has 1 rings (SSSR count). The van der Waals surface area contributed by atoms with Gasteiger partial charge in [-0.15, -0.1) is 0 Å². The summed E-state index contributed by atoms with van der Waals surface area (Å²) in [5.41, 5.74) is 0.207. The van der Waals surface area contributed by atoms with Gasteiger partial charge in [0.05, 0.1) is 12.5 Å². The van der Waals surface area contributed by atoms with E-state index in [0.717, 1.165) is 6.20 Å². The molecule has 13 heavy (non-hydrogen) atoms. The van der Waals surface area contributed by atoms with Crippen LogP contribution >= 0.6 is 22.6 Å². The molecule has 0 atom stereocenters. The molecule has 68 valence electrons. The minimum absolute atomic E-state index is 0.00179. The highest BCUT2D eigenvalue weighted by molar-refractivity contribution is 14.1. The first-order valence-electron chi connectivity index (χ1n) is 3.44. The zero-order valence-corrected chi connectivity index (χ0v) is 8.62. The van der Waals surface area contributed by atoms with Crippen LogP contribution in [0.25, 0.3) is 0 Å². The quantitative estimate of drug-likeness (QED) is 0.621. The molecule has 0 amide bonds. The highest BCUT2D eigenvalue weighted by atomic mass is 127. The monoisotopic (exact) mass is 294 g/mol. The molecule has 0 N–H and O–H groups in total. The van der Waals surface area contributed by atoms with Crippen molar-refractivity contribution in [2.75, 3.05) is 0 Å². The Morgan fingerprint density at radius 2 is 2.31 bits per heavy atom. The summed E-state index contributed by atoms with van der Waals surface area (Å²) in [6.45, 7) is 0. The topological polar surface area (TPSA) is 36.7 Å². The fraction of sp³-hybridized carbons (Fsp3) is 0.250. The van der Waals surface area contributed by atoms with Crippen molar-refractivity contribution in [1.29, 1.82) is 5.26 Å². The van der Waals surface area contributed by atoms with Crippen LogP contribution in [0.1, 0.15) is 17.6 Å². The van der Waals surface area contributed by atoms with E-state index in [4.69, 9.17) is 5.26 Å². The fourth-order valence-electron chi connectivity index (χ4n) is 0.913. The van der Waals surface area contributed by atoms with Gasteiger partial charge in [-0.25, -0.2) is 13.8 Å². The number of hydrogen-bond acceptors (Lipinski definition) is 2. The molecule has 1 aromatic rings. The average Bonchev–Trinajstić information content (AvgIpc) is 2.04. The second kappa shape index (κ2) is 4.46. The summed E-state index contributed by atoms with van der Waals surface area (Å²) >= 11 is 1.92. The molecule has 0 saturated carbocycles. The van der Waals surface area contributed by atoms with E-state index in [2.05, 4.69) is 4.98 Å². The third-order valence-electron chi connectivity index (χ3n) is 1.50. The summed E-state index contributed by atoms with van der Waals surface area (Å²) in [5.74, 6) is 0. The maximum absolute atomic E-state index is 12.3. The first-order valence-corrected chi connectivity index (χ1v) is 4.52. The van der Waals surface area contributed by atoms with Crippen LogP contribution in [0.5, 0.6) is 0 Å². The Bertz CT molecular complexity index is 346. The molecule has 0 aromatic carbocycles. The molecule has 0 aliphatic heterocycles. The first kappa shape index (κ1) is 10.3. The molecule has 0 aliphatic rings. The number of halogens is 3. The second-order valence-electron chi connectivity index (χ2n) is 2.34. The third kappa shape index (κ3) is 2.59. The number of aromatic nitrogens is 1. The fourth-order valence-corrected chi connectivity index (χ4v) is 1.43. The van der Waals surface area contributed by atoms with E-state index in [9.17, 15) is 8.78 Å². The SMILES string of the molecule is N#CCc1cc(I)ncc1C(F)F. The lowest BCUT2D eigenvalue weighted by molar-refractivity contribution is 0.150. The molecule has 0 aliphatic carbocycles. The Kier molecular flexibility index (Phi) is 3.54. The van der Waals surface area contributed by atoms with Crippen molar-refractivity contribution >= 4 is 22.6 Å². The molecular formula is C8H5F2IN2. The number of alkyl halides is 2. The van der Waals surface area contributed by atoms with Crippen molar-refractivity contribution in [3.8, 4) is 6.07 Å². The normalized spacial score (nSPS) is 10.1. The summed E-state index contributed by atoms with van der Waals surface area (Å²) < 4.78 is 25.3. The molecular weight excluding hydrogens is 289 g/mol. The zero-order valence-electron chi connectivity index (χ0n) is 6.47. The molecule has 0 bridgehead atoms. The van der Waals surface area contributed by atoms with Gasteiger partial charge in [0.1, 0.15) is 3.70 Å². The van der Waals surface area contributed by atoms with Gasteiger partial charge in [-0.3, -0.25) is 0 Å². The molecule has 5 heteroatoms. The molecule has 2 nitrogen and oxygen atoms in total. The standard InChI is InChI=1S/C8H5F2IN2/c9-8(10)6-4-13-7(11)3-5(6)1-2-12/h3-4,8H,1H2. The van der Waals surface area contributed by atoms with E-state index in [-0.39, 0.29) is 12.0 Å². The van der Waals surface area contributed by atoms with Crippen LogP contribution in [0.4, 0.5) is 8.78 Å². The summed E-state index contributed by atoms with van der Waals surface area (Å²) in [5, 5.41) is 8.40. The van der Waals surface area contributed by atoms with Crippen molar-refractivity contribution in [1.82, 2.24) is 4.98 Å². The van der Waals surface area contributed by atoms with E-state index in [1.165, 1.54) is 6.07 Å². The van der Waals surface area contributed by atoms with Gasteiger partial charge < -0.3 is 0 Å². The molecule has 0 radical (unpaired) electrons. The Labute approximate surface area is 87.7 Å². The van der Waals surface area contributed by atoms with Gasteiger partial charge in [-0.1, -0.05) is 0 Å². The van der Waals surface area contributed by atoms with Crippen LogP contribution in [-0.4, -0.2) is 4.98 Å². The minimum atomic E-state index is -2.56. The van der Waals surface area contributed by atoms with Crippen LogP contribution in [0.15, 0.2) is 12.3 Å². The molecule has 0 saturated heterocycles. The lowest BCUT2D eigenvalue weighted by atomic mass is 10.1. The van der Waals surface area contributed by atoms with Gasteiger partial charge in [0.25, 0.3) is 6.43 Å². The first-order chi connectivity index (χ1) is 6.15. The molecule has 0 spiro atoms. The van der Waals surface area contributed by atoms with Gasteiger partial charge in [-0.05, 0) is 34.2 Å². The van der Waals surface area contributed by atoms with Crippen molar-refractivity contribution in [3.63, 3.8) is 0 Å². The predicted octanol–water partition coefficient (Wildman–Crippen LogP) is 2.69. The second-order valence-corrected chi connectivity index (χ2v) is 3.45. The van der Waals surface area contributed by atoms with Crippen LogP contribution in [-0.2, 0) is 6.42 Å². The molecule has 0 fully saturated rings. The van der Waals surface area contributed by atoms with Crippen LogP contribution in [0, 0.1) is 15.0 Å². The van der Waals surface area contributed by atoms with Gasteiger partial charge in [0.2, 0.25) is 0 Å². The van der Waals surface area contributed by atoms with Gasteiger partial charge in [0, 0.05) is 11.8 Å². The van der Waals surface area contributed by atoms with E-state index in [1.807, 2.05) is 28.7 Å². The van der Waals surface area contributed by atoms with Gasteiger partial charge in [-0.2, -0.15) is 5.26 Å². The van der Waals surface area contributed by atoms with E-state index < -0.39 is 6.43 Å². The van der Waals surface area contributed by atoms with Crippen molar-refractivity contribution in [2.24, 2.45) is 0 Å². The third-order valence-corrected chi connectivity index (χ3v) is 2.09. The van der Waals surface area contributed by atoms with Crippen molar-refractivity contribution in [3.05, 3.63) is 27.1 Å². The summed E-state index contributed by atoms with van der Waals surface area (Å²) in [4.78, 5) is 3.74. The van der Waals surface area contributed by atoms with Crippen molar-refractivity contribution in [2.45, 2.75) is 12.8 Å². The summed E-state index contributed by atoms with van der Waals surface area (Å²) in [7, 11) is 0. The lowest BCUT2D eigenvalue weighted by Crippen LogP contribution is -1.96.